The lowest BCUT2D eigenvalue weighted by molar-refractivity contribution is -0.137. The van der Waals surface area contributed by atoms with Crippen molar-refractivity contribution in [2.45, 2.75) is 26.1 Å². The Morgan fingerprint density at radius 2 is 1.71 bits per heavy atom. The molecule has 2 aromatic rings. The Labute approximate surface area is 120 Å². The van der Waals surface area contributed by atoms with Crippen LogP contribution in [-0.4, -0.2) is 11.1 Å². The number of rotatable bonds is 3. The van der Waals surface area contributed by atoms with E-state index in [-0.39, 0.29) is 17.6 Å². The molecule has 0 spiro atoms. The lowest BCUT2D eigenvalue weighted by Crippen LogP contribution is -2.07. The lowest BCUT2D eigenvalue weighted by Gasteiger charge is -2.12. The Morgan fingerprint density at radius 1 is 1.10 bits per heavy atom. The SMILES string of the molecule is CC(C)Oc1ccc(-c2cc(C(F)(F)F)cc(N)n2)cc1. The van der Waals surface area contributed by atoms with Gasteiger partial charge in [-0.1, -0.05) is 0 Å². The summed E-state index contributed by atoms with van der Waals surface area (Å²) in [6, 6.07) is 8.48. The highest BCUT2D eigenvalue weighted by molar-refractivity contribution is 5.63. The molecule has 0 aliphatic heterocycles. The Morgan fingerprint density at radius 3 is 2.24 bits per heavy atom. The zero-order valence-electron chi connectivity index (χ0n) is 11.6. The summed E-state index contributed by atoms with van der Waals surface area (Å²) in [5.74, 6) is 0.482. The van der Waals surface area contributed by atoms with E-state index in [0.29, 0.717) is 11.3 Å². The molecule has 1 heterocycles. The number of halogens is 3. The highest BCUT2D eigenvalue weighted by Crippen LogP contribution is 2.33. The summed E-state index contributed by atoms with van der Waals surface area (Å²) >= 11 is 0. The first-order chi connectivity index (χ1) is 9.75. The number of anilines is 1. The first kappa shape index (κ1) is 15.2. The van der Waals surface area contributed by atoms with E-state index in [0.717, 1.165) is 12.1 Å². The number of ether oxygens (including phenoxy) is 1. The highest BCUT2D eigenvalue weighted by Gasteiger charge is 2.31. The number of aromatic nitrogens is 1. The molecule has 2 rings (SSSR count). The fraction of sp³-hybridized carbons (Fsp3) is 0.267. The summed E-state index contributed by atoms with van der Waals surface area (Å²) in [7, 11) is 0. The van der Waals surface area contributed by atoms with E-state index >= 15 is 0 Å². The third-order valence-corrected chi connectivity index (χ3v) is 2.69. The monoisotopic (exact) mass is 296 g/mol. The predicted octanol–water partition coefficient (Wildman–Crippen LogP) is 4.14. The summed E-state index contributed by atoms with van der Waals surface area (Å²) < 4.78 is 43.8. The number of nitrogen functional groups attached to an aromatic ring is 1. The fourth-order valence-corrected chi connectivity index (χ4v) is 1.84. The lowest BCUT2D eigenvalue weighted by atomic mass is 10.1. The highest BCUT2D eigenvalue weighted by atomic mass is 19.4. The maximum absolute atomic E-state index is 12.8. The van der Waals surface area contributed by atoms with Gasteiger partial charge in [0.2, 0.25) is 0 Å². The first-order valence-electron chi connectivity index (χ1n) is 6.37. The van der Waals surface area contributed by atoms with Gasteiger partial charge < -0.3 is 10.5 Å². The van der Waals surface area contributed by atoms with Crippen molar-refractivity contribution in [1.82, 2.24) is 4.98 Å². The second-order valence-corrected chi connectivity index (χ2v) is 4.85. The minimum absolute atomic E-state index is 0.0261. The van der Waals surface area contributed by atoms with Crippen LogP contribution in [0.15, 0.2) is 36.4 Å². The van der Waals surface area contributed by atoms with Crippen LogP contribution in [0.3, 0.4) is 0 Å². The normalized spacial score (nSPS) is 11.7. The number of pyridine rings is 1. The number of alkyl halides is 3. The molecule has 0 aliphatic carbocycles. The number of hydrogen-bond acceptors (Lipinski definition) is 3. The van der Waals surface area contributed by atoms with Crippen LogP contribution in [0.4, 0.5) is 19.0 Å². The quantitative estimate of drug-likeness (QED) is 0.926. The molecule has 0 bridgehead atoms. The third kappa shape index (κ3) is 3.87. The van der Waals surface area contributed by atoms with Gasteiger partial charge in [0, 0.05) is 5.56 Å². The summed E-state index contributed by atoms with van der Waals surface area (Å²) in [6.07, 6.45) is -4.43. The fourth-order valence-electron chi connectivity index (χ4n) is 1.84. The van der Waals surface area contributed by atoms with Crippen LogP contribution in [-0.2, 0) is 6.18 Å². The first-order valence-corrected chi connectivity index (χ1v) is 6.37. The van der Waals surface area contributed by atoms with Crippen LogP contribution in [0.1, 0.15) is 19.4 Å². The van der Waals surface area contributed by atoms with E-state index in [1.54, 1.807) is 24.3 Å². The topological polar surface area (TPSA) is 48.1 Å². The number of nitrogens with zero attached hydrogens (tertiary/aromatic N) is 1. The van der Waals surface area contributed by atoms with Crippen molar-refractivity contribution in [2.24, 2.45) is 0 Å². The van der Waals surface area contributed by atoms with Gasteiger partial charge in [0.15, 0.2) is 0 Å². The molecule has 0 saturated carbocycles. The number of nitrogens with two attached hydrogens (primary N) is 1. The Kier molecular flexibility index (Phi) is 4.06. The van der Waals surface area contributed by atoms with Gasteiger partial charge in [-0.3, -0.25) is 0 Å². The van der Waals surface area contributed by atoms with Gasteiger partial charge >= 0.3 is 6.18 Å². The molecule has 0 atom stereocenters. The third-order valence-electron chi connectivity index (χ3n) is 2.69. The van der Waals surface area contributed by atoms with Crippen LogP contribution >= 0.6 is 0 Å². The second kappa shape index (κ2) is 5.63. The van der Waals surface area contributed by atoms with Crippen LogP contribution < -0.4 is 10.5 Å². The zero-order valence-corrected chi connectivity index (χ0v) is 11.6. The second-order valence-electron chi connectivity index (χ2n) is 4.85. The molecule has 0 fully saturated rings. The molecular formula is C15H15F3N2O. The van der Waals surface area contributed by atoms with E-state index < -0.39 is 11.7 Å². The van der Waals surface area contributed by atoms with Crippen molar-refractivity contribution >= 4 is 5.82 Å². The van der Waals surface area contributed by atoms with Gasteiger partial charge in [-0.25, -0.2) is 4.98 Å². The molecule has 6 heteroatoms. The Balaban J connectivity index is 2.35. The average molecular weight is 296 g/mol. The summed E-state index contributed by atoms with van der Waals surface area (Å²) in [5.41, 5.74) is 5.37. The van der Waals surface area contributed by atoms with E-state index in [9.17, 15) is 13.2 Å². The average Bonchev–Trinajstić information content (AvgIpc) is 2.37. The maximum Gasteiger partial charge on any atom is 0.416 e. The summed E-state index contributed by atoms with van der Waals surface area (Å²) in [4.78, 5) is 3.95. The largest absolute Gasteiger partial charge is 0.491 e. The van der Waals surface area contributed by atoms with Crippen LogP contribution in [0.5, 0.6) is 5.75 Å². The molecule has 0 saturated heterocycles. The van der Waals surface area contributed by atoms with Crippen molar-refractivity contribution in [1.29, 1.82) is 0 Å². The van der Waals surface area contributed by atoms with Crippen molar-refractivity contribution in [3.63, 3.8) is 0 Å². The van der Waals surface area contributed by atoms with E-state index in [2.05, 4.69) is 4.98 Å². The molecule has 3 nitrogen and oxygen atoms in total. The van der Waals surface area contributed by atoms with Gasteiger partial charge in [-0.2, -0.15) is 13.2 Å². The van der Waals surface area contributed by atoms with Crippen molar-refractivity contribution in [3.05, 3.63) is 42.0 Å². The van der Waals surface area contributed by atoms with Gasteiger partial charge in [-0.15, -0.1) is 0 Å². The molecule has 1 aromatic carbocycles. The maximum atomic E-state index is 12.8. The standard InChI is InChI=1S/C15H15F3N2O/c1-9(2)21-12-5-3-10(4-6-12)13-7-11(15(16,17)18)8-14(19)20-13/h3-9H,1-2H3,(H2,19,20). The molecule has 112 valence electrons. The van der Waals surface area contributed by atoms with Gasteiger partial charge in [0.1, 0.15) is 11.6 Å². The molecule has 0 unspecified atom stereocenters. The number of benzene rings is 1. The molecule has 1 aromatic heterocycles. The predicted molar refractivity (Wildman–Crippen MR) is 74.9 cm³/mol. The van der Waals surface area contributed by atoms with Crippen molar-refractivity contribution in [3.8, 4) is 17.0 Å². The summed E-state index contributed by atoms with van der Waals surface area (Å²) in [5, 5.41) is 0. The Bertz CT molecular complexity index is 622. The minimum atomic E-state index is -4.45. The van der Waals surface area contributed by atoms with Crippen LogP contribution in [0.2, 0.25) is 0 Å². The molecule has 2 N–H and O–H groups in total. The van der Waals surface area contributed by atoms with Gasteiger partial charge in [0.05, 0.1) is 17.4 Å². The van der Waals surface area contributed by atoms with E-state index in [1.165, 1.54) is 0 Å². The van der Waals surface area contributed by atoms with Crippen molar-refractivity contribution < 1.29 is 17.9 Å². The molecule has 0 radical (unpaired) electrons. The van der Waals surface area contributed by atoms with E-state index in [4.69, 9.17) is 10.5 Å². The molecular weight excluding hydrogens is 281 g/mol. The molecule has 21 heavy (non-hydrogen) atoms. The number of hydrogen-bond donors (Lipinski definition) is 1. The smallest absolute Gasteiger partial charge is 0.416 e. The minimum Gasteiger partial charge on any atom is -0.491 e. The van der Waals surface area contributed by atoms with Crippen molar-refractivity contribution in [2.75, 3.05) is 5.73 Å². The van der Waals surface area contributed by atoms with Crippen LogP contribution in [0.25, 0.3) is 11.3 Å². The van der Waals surface area contributed by atoms with Gasteiger partial charge in [0.25, 0.3) is 0 Å². The molecule has 0 aliphatic rings. The van der Waals surface area contributed by atoms with Gasteiger partial charge in [-0.05, 0) is 50.2 Å². The summed E-state index contributed by atoms with van der Waals surface area (Å²) in [6.45, 7) is 3.78. The zero-order chi connectivity index (χ0) is 15.6. The van der Waals surface area contributed by atoms with E-state index in [1.807, 2.05) is 13.8 Å². The molecule has 0 amide bonds. The Hall–Kier alpha value is -2.24. The van der Waals surface area contributed by atoms with Crippen LogP contribution in [0, 0.1) is 0 Å².